The van der Waals surface area contributed by atoms with Crippen LogP contribution < -0.4 is 0 Å². The minimum atomic E-state index is -1.31. The summed E-state index contributed by atoms with van der Waals surface area (Å²) in [4.78, 5) is 20.8. The third-order valence-corrected chi connectivity index (χ3v) is 2.29. The zero-order valence-corrected chi connectivity index (χ0v) is 9.05. The number of halogens is 1. The first-order valence-corrected chi connectivity index (χ1v) is 5.54. The number of Topliss-reactive ketones (excluding diaryl/α,β-unsaturated/α-hetero) is 1. The van der Waals surface area contributed by atoms with Gasteiger partial charge in [0.1, 0.15) is 0 Å². The van der Waals surface area contributed by atoms with Gasteiger partial charge in [-0.1, -0.05) is 25.7 Å². The molecule has 4 heteroatoms. The van der Waals surface area contributed by atoms with Crippen molar-refractivity contribution in [2.45, 2.75) is 44.9 Å². The molecule has 0 aliphatic rings. The van der Waals surface area contributed by atoms with Crippen LogP contribution in [0.3, 0.4) is 0 Å². The van der Waals surface area contributed by atoms with Gasteiger partial charge in [-0.25, -0.2) is 4.79 Å². The number of carboxylic acids is 1. The molecule has 82 valence electrons. The van der Waals surface area contributed by atoms with E-state index in [2.05, 4.69) is 0 Å². The van der Waals surface area contributed by atoms with Crippen LogP contribution in [0, 0.1) is 0 Å². The smallest absolute Gasteiger partial charge is 0.372 e. The van der Waals surface area contributed by atoms with Gasteiger partial charge in [0.2, 0.25) is 5.78 Å². The second kappa shape index (κ2) is 9.00. The number of hydrogen-bond donors (Lipinski definition) is 1. The standard InChI is InChI=1S/C10H17ClO3/c11-8-6-4-2-1-3-5-7-9(12)10(13)14/h1-8H2,(H,13,14). The van der Waals surface area contributed by atoms with E-state index >= 15 is 0 Å². The number of carbonyl (C=O) groups is 2. The first-order chi connectivity index (χ1) is 6.68. The Labute approximate surface area is 89.4 Å². The van der Waals surface area contributed by atoms with Crippen molar-refractivity contribution in [3.8, 4) is 0 Å². The summed E-state index contributed by atoms with van der Waals surface area (Å²) in [6.07, 6.45) is 6.13. The average Bonchev–Trinajstić information content (AvgIpc) is 2.16. The lowest BCUT2D eigenvalue weighted by Crippen LogP contribution is -2.11. The molecule has 0 amide bonds. The van der Waals surface area contributed by atoms with Gasteiger partial charge < -0.3 is 5.11 Å². The van der Waals surface area contributed by atoms with Gasteiger partial charge in [-0.3, -0.25) is 4.79 Å². The van der Waals surface area contributed by atoms with Crippen molar-refractivity contribution in [1.29, 1.82) is 0 Å². The zero-order valence-electron chi connectivity index (χ0n) is 8.30. The van der Waals surface area contributed by atoms with Crippen LogP contribution in [-0.4, -0.2) is 22.7 Å². The lowest BCUT2D eigenvalue weighted by molar-refractivity contribution is -0.149. The van der Waals surface area contributed by atoms with Crippen molar-refractivity contribution in [3.63, 3.8) is 0 Å². The van der Waals surface area contributed by atoms with Crippen LogP contribution in [-0.2, 0) is 9.59 Å². The number of unbranched alkanes of at least 4 members (excludes halogenated alkanes) is 5. The molecule has 0 bridgehead atoms. The van der Waals surface area contributed by atoms with Crippen LogP contribution >= 0.6 is 11.6 Å². The molecular weight excluding hydrogens is 204 g/mol. The monoisotopic (exact) mass is 220 g/mol. The maximum atomic E-state index is 10.7. The normalized spacial score (nSPS) is 10.1. The molecule has 0 aromatic carbocycles. The highest BCUT2D eigenvalue weighted by molar-refractivity contribution is 6.32. The third kappa shape index (κ3) is 8.05. The van der Waals surface area contributed by atoms with Crippen molar-refractivity contribution >= 4 is 23.4 Å². The topological polar surface area (TPSA) is 54.4 Å². The molecule has 3 nitrogen and oxygen atoms in total. The summed E-state index contributed by atoms with van der Waals surface area (Å²) in [6, 6.07) is 0. The van der Waals surface area contributed by atoms with Crippen molar-refractivity contribution in [1.82, 2.24) is 0 Å². The van der Waals surface area contributed by atoms with E-state index in [1.165, 1.54) is 0 Å². The number of carboxylic acid groups (broad SMARTS) is 1. The number of ketones is 1. The van der Waals surface area contributed by atoms with Crippen LogP contribution in [0.25, 0.3) is 0 Å². The van der Waals surface area contributed by atoms with Crippen molar-refractivity contribution in [2.75, 3.05) is 5.88 Å². The number of carbonyl (C=O) groups excluding carboxylic acids is 1. The molecule has 0 aliphatic heterocycles. The Morgan fingerprint density at radius 3 is 1.93 bits per heavy atom. The van der Waals surface area contributed by atoms with E-state index in [1.54, 1.807) is 0 Å². The Kier molecular flexibility index (Phi) is 8.64. The van der Waals surface area contributed by atoms with E-state index in [0.717, 1.165) is 32.1 Å². The first kappa shape index (κ1) is 13.4. The molecule has 1 N–H and O–H groups in total. The molecule has 0 aromatic heterocycles. The average molecular weight is 221 g/mol. The Balaban J connectivity index is 3.13. The summed E-state index contributed by atoms with van der Waals surface area (Å²) in [6.45, 7) is 0. The van der Waals surface area contributed by atoms with E-state index in [1.807, 2.05) is 0 Å². The molecule has 0 atom stereocenters. The summed E-state index contributed by atoms with van der Waals surface area (Å²) in [7, 11) is 0. The summed E-state index contributed by atoms with van der Waals surface area (Å²) in [5, 5.41) is 8.29. The van der Waals surface area contributed by atoms with E-state index in [0.29, 0.717) is 12.3 Å². The van der Waals surface area contributed by atoms with Crippen LogP contribution in [0.2, 0.25) is 0 Å². The SMILES string of the molecule is O=C(O)C(=O)CCCCCCCCCl. The molecule has 0 radical (unpaired) electrons. The molecule has 0 aromatic rings. The predicted octanol–water partition coefficient (Wildman–Crippen LogP) is 2.61. The molecule has 0 saturated carbocycles. The van der Waals surface area contributed by atoms with Gasteiger partial charge in [-0.2, -0.15) is 0 Å². The molecule has 14 heavy (non-hydrogen) atoms. The second-order valence-electron chi connectivity index (χ2n) is 3.29. The van der Waals surface area contributed by atoms with Crippen LogP contribution in [0.1, 0.15) is 44.9 Å². The molecular formula is C10H17ClO3. The van der Waals surface area contributed by atoms with Gasteiger partial charge in [-0.15, -0.1) is 11.6 Å². The fourth-order valence-electron chi connectivity index (χ4n) is 1.19. The molecule has 0 spiro atoms. The predicted molar refractivity (Wildman–Crippen MR) is 55.7 cm³/mol. The quantitative estimate of drug-likeness (QED) is 0.369. The number of alkyl halides is 1. The lowest BCUT2D eigenvalue weighted by Gasteiger charge is -1.98. The summed E-state index contributed by atoms with van der Waals surface area (Å²) < 4.78 is 0. The largest absolute Gasteiger partial charge is 0.476 e. The molecule has 0 heterocycles. The van der Waals surface area contributed by atoms with Gasteiger partial charge in [0.15, 0.2) is 0 Å². The Morgan fingerprint density at radius 1 is 0.929 bits per heavy atom. The highest BCUT2D eigenvalue weighted by Gasteiger charge is 2.09. The molecule has 0 aliphatic carbocycles. The molecule has 0 unspecified atom stereocenters. The number of rotatable bonds is 9. The van der Waals surface area contributed by atoms with Gasteiger partial charge in [-0.05, 0) is 12.8 Å². The van der Waals surface area contributed by atoms with Crippen LogP contribution in [0.5, 0.6) is 0 Å². The fourth-order valence-corrected chi connectivity index (χ4v) is 1.38. The molecule has 0 saturated heterocycles. The number of hydrogen-bond acceptors (Lipinski definition) is 2. The second-order valence-corrected chi connectivity index (χ2v) is 3.67. The first-order valence-electron chi connectivity index (χ1n) is 5.00. The van der Waals surface area contributed by atoms with Gasteiger partial charge in [0.25, 0.3) is 0 Å². The van der Waals surface area contributed by atoms with Crippen molar-refractivity contribution in [3.05, 3.63) is 0 Å². The van der Waals surface area contributed by atoms with Gasteiger partial charge in [0.05, 0.1) is 0 Å². The van der Waals surface area contributed by atoms with Crippen molar-refractivity contribution < 1.29 is 14.7 Å². The van der Waals surface area contributed by atoms with E-state index in [-0.39, 0.29) is 6.42 Å². The zero-order chi connectivity index (χ0) is 10.8. The van der Waals surface area contributed by atoms with E-state index in [4.69, 9.17) is 16.7 Å². The summed E-state index contributed by atoms with van der Waals surface area (Å²) >= 11 is 5.51. The molecule has 0 rings (SSSR count). The minimum Gasteiger partial charge on any atom is -0.476 e. The fraction of sp³-hybridized carbons (Fsp3) is 0.800. The minimum absolute atomic E-state index is 0.171. The summed E-state index contributed by atoms with van der Waals surface area (Å²) in [5.74, 6) is -1.28. The Bertz CT molecular complexity index is 180. The van der Waals surface area contributed by atoms with Crippen LogP contribution in [0.15, 0.2) is 0 Å². The highest BCUT2D eigenvalue weighted by atomic mass is 35.5. The van der Waals surface area contributed by atoms with E-state index < -0.39 is 11.8 Å². The highest BCUT2D eigenvalue weighted by Crippen LogP contribution is 2.07. The maximum Gasteiger partial charge on any atom is 0.372 e. The molecule has 0 fully saturated rings. The number of aliphatic carboxylic acids is 1. The summed E-state index contributed by atoms with van der Waals surface area (Å²) in [5.41, 5.74) is 0. The Hall–Kier alpha value is -0.570. The Morgan fingerprint density at radius 2 is 1.43 bits per heavy atom. The maximum absolute atomic E-state index is 10.7. The van der Waals surface area contributed by atoms with Gasteiger partial charge in [0, 0.05) is 12.3 Å². The lowest BCUT2D eigenvalue weighted by atomic mass is 10.1. The van der Waals surface area contributed by atoms with Gasteiger partial charge >= 0.3 is 5.97 Å². The van der Waals surface area contributed by atoms with Crippen molar-refractivity contribution in [2.24, 2.45) is 0 Å². The third-order valence-electron chi connectivity index (χ3n) is 2.03. The van der Waals surface area contributed by atoms with Crippen LogP contribution in [0.4, 0.5) is 0 Å². The van der Waals surface area contributed by atoms with E-state index in [9.17, 15) is 9.59 Å².